The number of hydrogen-bond acceptors (Lipinski definition) is 4. The van der Waals surface area contributed by atoms with Crippen molar-refractivity contribution in [1.82, 2.24) is 20.1 Å². The lowest BCUT2D eigenvalue weighted by Gasteiger charge is -2.24. The van der Waals surface area contributed by atoms with E-state index in [-0.39, 0.29) is 5.91 Å². The van der Waals surface area contributed by atoms with Crippen LogP contribution in [0.1, 0.15) is 21.6 Å². The first-order valence-corrected chi connectivity index (χ1v) is 10.2. The SMILES string of the molecule is CN(Cc1ccn[nH]1)C(=O)c1ccc(-c2ccccc2)nc1N(C)Cc1ccccc1. The Balaban J connectivity index is 1.68. The molecule has 0 fully saturated rings. The van der Waals surface area contributed by atoms with Gasteiger partial charge in [0.15, 0.2) is 0 Å². The third-order valence-electron chi connectivity index (χ3n) is 5.11. The van der Waals surface area contributed by atoms with Crippen LogP contribution < -0.4 is 4.90 Å². The molecule has 4 rings (SSSR count). The molecule has 6 heteroatoms. The van der Waals surface area contributed by atoms with Gasteiger partial charge in [-0.25, -0.2) is 4.98 Å². The summed E-state index contributed by atoms with van der Waals surface area (Å²) in [6.45, 7) is 1.09. The summed E-state index contributed by atoms with van der Waals surface area (Å²) in [5.74, 6) is 0.572. The summed E-state index contributed by atoms with van der Waals surface area (Å²) in [5, 5.41) is 6.87. The average Bonchev–Trinajstić information content (AvgIpc) is 3.32. The monoisotopic (exact) mass is 411 g/mol. The Morgan fingerprint density at radius 1 is 0.871 bits per heavy atom. The van der Waals surface area contributed by atoms with Crippen molar-refractivity contribution in [3.63, 3.8) is 0 Å². The van der Waals surface area contributed by atoms with Crippen LogP contribution in [0.2, 0.25) is 0 Å². The molecule has 1 N–H and O–H groups in total. The minimum Gasteiger partial charge on any atom is -0.355 e. The van der Waals surface area contributed by atoms with Crippen molar-refractivity contribution < 1.29 is 4.79 Å². The Hall–Kier alpha value is -3.93. The number of carbonyl (C=O) groups is 1. The highest BCUT2D eigenvalue weighted by molar-refractivity contribution is 5.99. The van der Waals surface area contributed by atoms with E-state index in [1.807, 2.05) is 78.7 Å². The van der Waals surface area contributed by atoms with Crippen LogP contribution in [0.4, 0.5) is 5.82 Å². The van der Waals surface area contributed by atoms with Gasteiger partial charge < -0.3 is 9.80 Å². The minimum atomic E-state index is -0.0865. The van der Waals surface area contributed by atoms with E-state index < -0.39 is 0 Å². The van der Waals surface area contributed by atoms with Gasteiger partial charge in [0.2, 0.25) is 0 Å². The maximum absolute atomic E-state index is 13.3. The van der Waals surface area contributed by atoms with Gasteiger partial charge in [-0.1, -0.05) is 60.7 Å². The number of aromatic amines is 1. The number of anilines is 1. The van der Waals surface area contributed by atoms with Crippen LogP contribution in [0.5, 0.6) is 0 Å². The molecule has 1 amide bonds. The summed E-state index contributed by atoms with van der Waals surface area (Å²) < 4.78 is 0. The normalized spacial score (nSPS) is 10.6. The van der Waals surface area contributed by atoms with Gasteiger partial charge >= 0.3 is 0 Å². The number of aromatic nitrogens is 3. The van der Waals surface area contributed by atoms with Crippen molar-refractivity contribution in [1.29, 1.82) is 0 Å². The number of carbonyl (C=O) groups excluding carboxylic acids is 1. The minimum absolute atomic E-state index is 0.0865. The van der Waals surface area contributed by atoms with Crippen LogP contribution in [0.15, 0.2) is 85.1 Å². The molecule has 0 aliphatic carbocycles. The number of nitrogens with zero attached hydrogens (tertiary/aromatic N) is 4. The van der Waals surface area contributed by atoms with E-state index in [9.17, 15) is 4.79 Å². The fraction of sp³-hybridized carbons (Fsp3) is 0.160. The first kappa shape index (κ1) is 20.3. The number of amides is 1. The summed E-state index contributed by atoms with van der Waals surface area (Å²) in [6.07, 6.45) is 1.68. The molecule has 0 atom stereocenters. The van der Waals surface area contributed by atoms with Crippen LogP contribution in [0.3, 0.4) is 0 Å². The van der Waals surface area contributed by atoms with E-state index in [0.717, 1.165) is 22.5 Å². The first-order valence-electron chi connectivity index (χ1n) is 10.2. The van der Waals surface area contributed by atoms with Crippen molar-refractivity contribution in [2.75, 3.05) is 19.0 Å². The average molecular weight is 412 g/mol. The fourth-order valence-corrected chi connectivity index (χ4v) is 3.51. The molecule has 0 bridgehead atoms. The molecule has 0 aliphatic heterocycles. The molecule has 31 heavy (non-hydrogen) atoms. The van der Waals surface area contributed by atoms with Gasteiger partial charge in [-0.05, 0) is 23.8 Å². The lowest BCUT2D eigenvalue weighted by Crippen LogP contribution is -2.29. The molecular weight excluding hydrogens is 386 g/mol. The molecule has 0 saturated heterocycles. The zero-order valence-electron chi connectivity index (χ0n) is 17.7. The highest BCUT2D eigenvalue weighted by Gasteiger charge is 2.21. The number of nitrogens with one attached hydrogen (secondary N) is 1. The fourth-order valence-electron chi connectivity index (χ4n) is 3.51. The van der Waals surface area contributed by atoms with Gasteiger partial charge in [-0.2, -0.15) is 5.10 Å². The Labute approximate surface area is 182 Å². The van der Waals surface area contributed by atoms with E-state index in [2.05, 4.69) is 22.3 Å². The summed E-state index contributed by atoms with van der Waals surface area (Å²) in [4.78, 5) is 21.9. The maximum atomic E-state index is 13.3. The van der Waals surface area contributed by atoms with E-state index in [0.29, 0.717) is 24.5 Å². The zero-order chi connectivity index (χ0) is 21.6. The standard InChI is InChI=1S/C25H25N5O/c1-29(17-19-9-5-3-6-10-19)24-22(25(31)30(2)18-21-15-16-26-28-21)13-14-23(27-24)20-11-7-4-8-12-20/h3-16H,17-18H2,1-2H3,(H,26,28). The Kier molecular flexibility index (Phi) is 6.08. The maximum Gasteiger partial charge on any atom is 0.257 e. The molecule has 0 unspecified atom stereocenters. The van der Waals surface area contributed by atoms with Crippen LogP contribution in [0, 0.1) is 0 Å². The predicted octanol–water partition coefficient (Wildman–Crippen LogP) is 4.38. The van der Waals surface area contributed by atoms with Crippen LogP contribution in [-0.4, -0.2) is 40.1 Å². The van der Waals surface area contributed by atoms with Crippen molar-refractivity contribution in [2.24, 2.45) is 0 Å². The third-order valence-corrected chi connectivity index (χ3v) is 5.11. The van der Waals surface area contributed by atoms with E-state index in [1.54, 1.807) is 18.1 Å². The van der Waals surface area contributed by atoms with E-state index >= 15 is 0 Å². The van der Waals surface area contributed by atoms with Crippen molar-refractivity contribution in [2.45, 2.75) is 13.1 Å². The number of rotatable bonds is 7. The van der Waals surface area contributed by atoms with Gasteiger partial charge in [-0.15, -0.1) is 0 Å². The summed E-state index contributed by atoms with van der Waals surface area (Å²) in [7, 11) is 3.75. The van der Waals surface area contributed by atoms with Gasteiger partial charge in [0.25, 0.3) is 5.91 Å². The second-order valence-electron chi connectivity index (χ2n) is 7.52. The summed E-state index contributed by atoms with van der Waals surface area (Å²) in [6, 6.07) is 25.8. The molecule has 0 aliphatic rings. The molecular formula is C25H25N5O. The van der Waals surface area contributed by atoms with Crippen LogP contribution >= 0.6 is 0 Å². The lowest BCUT2D eigenvalue weighted by molar-refractivity contribution is 0.0783. The number of H-pyrrole nitrogens is 1. The van der Waals surface area contributed by atoms with E-state index in [4.69, 9.17) is 4.98 Å². The molecule has 0 saturated carbocycles. The van der Waals surface area contributed by atoms with E-state index in [1.165, 1.54) is 0 Å². The van der Waals surface area contributed by atoms with Gasteiger partial charge in [0.05, 0.1) is 23.5 Å². The molecule has 4 aromatic rings. The highest BCUT2D eigenvalue weighted by Crippen LogP contribution is 2.26. The van der Waals surface area contributed by atoms with Crippen molar-refractivity contribution in [3.8, 4) is 11.3 Å². The van der Waals surface area contributed by atoms with Crippen molar-refractivity contribution >= 4 is 11.7 Å². The molecule has 156 valence electrons. The molecule has 2 aromatic carbocycles. The second-order valence-corrected chi connectivity index (χ2v) is 7.52. The van der Waals surface area contributed by atoms with Crippen LogP contribution in [-0.2, 0) is 13.1 Å². The van der Waals surface area contributed by atoms with Gasteiger partial charge in [-0.3, -0.25) is 9.89 Å². The number of pyridine rings is 1. The van der Waals surface area contributed by atoms with Crippen molar-refractivity contribution in [3.05, 3.63) is 102 Å². The second kappa shape index (κ2) is 9.26. The molecule has 2 heterocycles. The smallest absolute Gasteiger partial charge is 0.257 e. The summed E-state index contributed by atoms with van der Waals surface area (Å²) in [5.41, 5.74) is 4.45. The number of hydrogen-bond donors (Lipinski definition) is 1. The Morgan fingerprint density at radius 2 is 1.58 bits per heavy atom. The van der Waals surface area contributed by atoms with Gasteiger partial charge in [0, 0.05) is 32.4 Å². The first-order chi connectivity index (χ1) is 15.1. The largest absolute Gasteiger partial charge is 0.355 e. The number of benzene rings is 2. The van der Waals surface area contributed by atoms with Gasteiger partial charge in [0.1, 0.15) is 5.82 Å². The summed E-state index contributed by atoms with van der Waals surface area (Å²) >= 11 is 0. The quantitative estimate of drug-likeness (QED) is 0.490. The lowest BCUT2D eigenvalue weighted by atomic mass is 10.1. The Morgan fingerprint density at radius 3 is 2.26 bits per heavy atom. The van der Waals surface area contributed by atoms with Crippen LogP contribution in [0.25, 0.3) is 11.3 Å². The molecule has 0 spiro atoms. The molecule has 0 radical (unpaired) electrons. The predicted molar refractivity (Wildman–Crippen MR) is 123 cm³/mol. The highest BCUT2D eigenvalue weighted by atomic mass is 16.2. The topological polar surface area (TPSA) is 65.1 Å². The zero-order valence-corrected chi connectivity index (χ0v) is 17.7. The Bertz CT molecular complexity index is 1130. The third kappa shape index (κ3) is 4.80. The molecule has 6 nitrogen and oxygen atoms in total. The molecule has 2 aromatic heterocycles.